The zero-order valence-corrected chi connectivity index (χ0v) is 15.5. The number of rotatable bonds is 3. The lowest BCUT2D eigenvalue weighted by molar-refractivity contribution is 0.0761. The highest BCUT2D eigenvalue weighted by molar-refractivity contribution is 5.93. The zero-order valence-electron chi connectivity index (χ0n) is 15.5. The second-order valence-corrected chi connectivity index (χ2v) is 7.00. The Kier molecular flexibility index (Phi) is 5.41. The quantitative estimate of drug-likeness (QED) is 0.815. The van der Waals surface area contributed by atoms with Crippen LogP contribution in [0, 0.1) is 0 Å². The highest BCUT2D eigenvalue weighted by Gasteiger charge is 2.22. The van der Waals surface area contributed by atoms with E-state index in [1.165, 1.54) is 12.8 Å². The first kappa shape index (κ1) is 17.6. The molecule has 2 aromatic rings. The van der Waals surface area contributed by atoms with Crippen molar-refractivity contribution in [1.29, 1.82) is 0 Å². The number of piperazine rings is 1. The Hall–Kier alpha value is -2.77. The summed E-state index contributed by atoms with van der Waals surface area (Å²) in [6.07, 6.45) is 11.4. The van der Waals surface area contributed by atoms with Crippen LogP contribution in [0.25, 0.3) is 0 Å². The Morgan fingerprint density at radius 3 is 1.78 bits per heavy atom. The Balaban J connectivity index is 1.36. The van der Waals surface area contributed by atoms with E-state index in [0.29, 0.717) is 11.5 Å². The molecule has 2 saturated heterocycles. The number of nitrogens with zero attached hydrogens (tertiary/aromatic N) is 7. The van der Waals surface area contributed by atoms with Crippen LogP contribution in [0.4, 0.5) is 11.9 Å². The molecule has 2 fully saturated rings. The molecule has 0 spiro atoms. The number of carbonyl (C=O) groups is 1. The fraction of sp³-hybridized carbons (Fsp3) is 0.526. The first-order chi connectivity index (χ1) is 13.3. The number of hydrogen-bond acceptors (Lipinski definition) is 7. The maximum atomic E-state index is 12.7. The lowest BCUT2D eigenvalue weighted by Gasteiger charge is -2.34. The summed E-state index contributed by atoms with van der Waals surface area (Å²) in [5.74, 6) is 1.49. The van der Waals surface area contributed by atoms with Gasteiger partial charge in [-0.2, -0.15) is 0 Å². The average Bonchev–Trinajstić information content (AvgIpc) is 3.04. The third kappa shape index (κ3) is 4.15. The summed E-state index contributed by atoms with van der Waals surface area (Å²) in [5.41, 5.74) is 0.581. The average molecular weight is 367 g/mol. The molecule has 2 aliphatic rings. The lowest BCUT2D eigenvalue weighted by Crippen LogP contribution is -2.47. The largest absolute Gasteiger partial charge is 0.339 e. The Morgan fingerprint density at radius 1 is 0.704 bits per heavy atom. The fourth-order valence-corrected chi connectivity index (χ4v) is 3.61. The molecule has 0 aliphatic carbocycles. The maximum absolute atomic E-state index is 12.7. The third-order valence-electron chi connectivity index (χ3n) is 5.18. The van der Waals surface area contributed by atoms with Gasteiger partial charge in [0.25, 0.3) is 5.91 Å². The van der Waals surface area contributed by atoms with Crippen LogP contribution in [0.3, 0.4) is 0 Å². The number of amides is 1. The summed E-state index contributed by atoms with van der Waals surface area (Å²) in [5, 5.41) is 0. The molecule has 2 aromatic heterocycles. The van der Waals surface area contributed by atoms with Gasteiger partial charge in [0.2, 0.25) is 11.9 Å². The lowest BCUT2D eigenvalue weighted by atomic mass is 10.2. The standard InChI is InChI=1S/C19H25N7O/c27-17(24-8-3-1-2-4-9-24)16-14-22-19(23-15-16)26-12-10-25(11-13-26)18-20-6-5-7-21-18/h5-7,14-15H,1-4,8-13H2. The van der Waals surface area contributed by atoms with E-state index < -0.39 is 0 Å². The van der Waals surface area contributed by atoms with E-state index in [9.17, 15) is 4.79 Å². The molecule has 4 heterocycles. The Bertz CT molecular complexity index is 736. The Labute approximate surface area is 159 Å². The maximum Gasteiger partial charge on any atom is 0.256 e. The molecular weight excluding hydrogens is 342 g/mol. The predicted octanol–water partition coefficient (Wildman–Crippen LogP) is 1.61. The SMILES string of the molecule is O=C(c1cnc(N2CCN(c3ncccn3)CC2)nc1)N1CCCCCC1. The molecular formula is C19H25N7O. The van der Waals surface area contributed by atoms with Crippen molar-refractivity contribution in [2.75, 3.05) is 49.1 Å². The van der Waals surface area contributed by atoms with Gasteiger partial charge in [0.15, 0.2) is 0 Å². The molecule has 142 valence electrons. The minimum atomic E-state index is 0.0505. The molecule has 8 heteroatoms. The summed E-state index contributed by atoms with van der Waals surface area (Å²) in [6.45, 7) is 4.92. The molecule has 0 aromatic carbocycles. The second-order valence-electron chi connectivity index (χ2n) is 7.00. The van der Waals surface area contributed by atoms with E-state index >= 15 is 0 Å². The van der Waals surface area contributed by atoms with E-state index in [0.717, 1.165) is 58.1 Å². The van der Waals surface area contributed by atoms with E-state index in [1.54, 1.807) is 24.8 Å². The minimum Gasteiger partial charge on any atom is -0.339 e. The highest BCUT2D eigenvalue weighted by atomic mass is 16.2. The third-order valence-corrected chi connectivity index (χ3v) is 5.18. The van der Waals surface area contributed by atoms with E-state index in [4.69, 9.17) is 0 Å². The van der Waals surface area contributed by atoms with E-state index in [-0.39, 0.29) is 5.91 Å². The van der Waals surface area contributed by atoms with Gasteiger partial charge in [-0.25, -0.2) is 19.9 Å². The van der Waals surface area contributed by atoms with Gasteiger partial charge < -0.3 is 14.7 Å². The highest BCUT2D eigenvalue weighted by Crippen LogP contribution is 2.16. The van der Waals surface area contributed by atoms with Gasteiger partial charge in [-0.05, 0) is 18.9 Å². The summed E-state index contributed by atoms with van der Waals surface area (Å²) < 4.78 is 0. The van der Waals surface area contributed by atoms with Crippen molar-refractivity contribution in [1.82, 2.24) is 24.8 Å². The summed E-state index contributed by atoms with van der Waals surface area (Å²) in [4.78, 5) is 36.4. The van der Waals surface area contributed by atoms with Gasteiger partial charge in [0.05, 0.1) is 5.56 Å². The van der Waals surface area contributed by atoms with Crippen molar-refractivity contribution in [2.45, 2.75) is 25.7 Å². The van der Waals surface area contributed by atoms with Crippen LogP contribution < -0.4 is 9.80 Å². The molecule has 27 heavy (non-hydrogen) atoms. The molecule has 0 saturated carbocycles. The summed E-state index contributed by atoms with van der Waals surface area (Å²) in [6, 6.07) is 1.82. The van der Waals surface area contributed by atoms with Gasteiger partial charge >= 0.3 is 0 Å². The molecule has 0 bridgehead atoms. The molecule has 1 amide bonds. The zero-order chi connectivity index (χ0) is 18.5. The van der Waals surface area contributed by atoms with Crippen molar-refractivity contribution in [3.63, 3.8) is 0 Å². The van der Waals surface area contributed by atoms with E-state index in [1.807, 2.05) is 11.0 Å². The molecule has 4 rings (SSSR count). The number of likely N-dealkylation sites (tertiary alicyclic amines) is 1. The van der Waals surface area contributed by atoms with Gasteiger partial charge in [-0.15, -0.1) is 0 Å². The monoisotopic (exact) mass is 367 g/mol. The molecule has 8 nitrogen and oxygen atoms in total. The topological polar surface area (TPSA) is 78.4 Å². The number of aromatic nitrogens is 4. The normalized spacial score (nSPS) is 18.3. The number of anilines is 2. The fourth-order valence-electron chi connectivity index (χ4n) is 3.61. The van der Waals surface area contributed by atoms with Crippen molar-refractivity contribution >= 4 is 17.8 Å². The molecule has 0 N–H and O–H groups in total. The van der Waals surface area contributed by atoms with E-state index in [2.05, 4.69) is 29.7 Å². The first-order valence-electron chi connectivity index (χ1n) is 9.69. The van der Waals surface area contributed by atoms with Gasteiger partial charge in [0.1, 0.15) is 0 Å². The minimum absolute atomic E-state index is 0.0505. The molecule has 0 atom stereocenters. The van der Waals surface area contributed by atoms with Crippen molar-refractivity contribution in [3.05, 3.63) is 36.4 Å². The number of carbonyl (C=O) groups excluding carboxylic acids is 1. The van der Waals surface area contributed by atoms with Gasteiger partial charge in [-0.1, -0.05) is 12.8 Å². The van der Waals surface area contributed by atoms with Crippen molar-refractivity contribution in [2.24, 2.45) is 0 Å². The van der Waals surface area contributed by atoms with Gasteiger partial charge in [-0.3, -0.25) is 4.79 Å². The first-order valence-corrected chi connectivity index (χ1v) is 9.69. The molecule has 2 aliphatic heterocycles. The summed E-state index contributed by atoms with van der Waals surface area (Å²) in [7, 11) is 0. The number of hydrogen-bond donors (Lipinski definition) is 0. The second kappa shape index (κ2) is 8.28. The van der Waals surface area contributed by atoms with Crippen LogP contribution >= 0.6 is 0 Å². The Morgan fingerprint density at radius 2 is 1.22 bits per heavy atom. The van der Waals surface area contributed by atoms with Crippen LogP contribution in [-0.4, -0.2) is 70.0 Å². The smallest absolute Gasteiger partial charge is 0.256 e. The van der Waals surface area contributed by atoms with Crippen molar-refractivity contribution < 1.29 is 4.79 Å². The van der Waals surface area contributed by atoms with Crippen molar-refractivity contribution in [3.8, 4) is 0 Å². The van der Waals surface area contributed by atoms with Crippen LogP contribution in [0.15, 0.2) is 30.9 Å². The van der Waals surface area contributed by atoms with Crippen LogP contribution in [-0.2, 0) is 0 Å². The molecule has 0 radical (unpaired) electrons. The molecule has 0 unspecified atom stereocenters. The van der Waals surface area contributed by atoms with Crippen LogP contribution in [0.1, 0.15) is 36.0 Å². The van der Waals surface area contributed by atoms with Crippen LogP contribution in [0.5, 0.6) is 0 Å². The van der Waals surface area contributed by atoms with Gasteiger partial charge in [0, 0.05) is 64.1 Å². The van der Waals surface area contributed by atoms with Crippen LogP contribution in [0.2, 0.25) is 0 Å². The summed E-state index contributed by atoms with van der Waals surface area (Å²) >= 11 is 0. The predicted molar refractivity (Wildman–Crippen MR) is 103 cm³/mol.